The molecule has 9 nitrogen and oxygen atoms in total. The van der Waals surface area contributed by atoms with Crippen LogP contribution < -0.4 is 20.1 Å². The number of nitrogens with one attached hydrogen (secondary N) is 3. The van der Waals surface area contributed by atoms with Gasteiger partial charge in [-0.05, 0) is 29.8 Å². The van der Waals surface area contributed by atoms with Gasteiger partial charge >= 0.3 is 12.2 Å². The molecule has 2 amide bonds. The molecule has 2 aromatic heterocycles. The Labute approximate surface area is 167 Å². The van der Waals surface area contributed by atoms with Gasteiger partial charge in [0.25, 0.3) is 0 Å². The summed E-state index contributed by atoms with van der Waals surface area (Å²) in [6, 6.07) is 3.87. The number of amides is 2. The zero-order valence-electron chi connectivity index (χ0n) is 15.3. The first-order valence-corrected chi connectivity index (χ1v) is 8.86. The number of urea groups is 1. The minimum absolute atomic E-state index is 0.161. The van der Waals surface area contributed by atoms with Crippen molar-refractivity contribution < 1.29 is 31.9 Å². The number of alkyl halides is 3. The molecule has 158 valence electrons. The smallest absolute Gasteiger partial charge is 0.412 e. The zero-order chi connectivity index (χ0) is 21.1. The number of ether oxygens (including phenoxy) is 2. The van der Waals surface area contributed by atoms with Gasteiger partial charge in [-0.2, -0.15) is 13.2 Å². The van der Waals surface area contributed by atoms with Crippen LogP contribution in [0.25, 0.3) is 11.6 Å². The van der Waals surface area contributed by atoms with Crippen molar-refractivity contribution in [2.45, 2.75) is 18.8 Å². The van der Waals surface area contributed by atoms with Crippen molar-refractivity contribution in [2.24, 2.45) is 0 Å². The van der Waals surface area contributed by atoms with Crippen LogP contribution in [-0.2, 0) is 6.54 Å². The molecule has 1 aliphatic heterocycles. The predicted octanol–water partition coefficient (Wildman–Crippen LogP) is 2.94. The number of aromatic nitrogens is 3. The van der Waals surface area contributed by atoms with Crippen LogP contribution in [0.4, 0.5) is 18.0 Å². The fourth-order valence-corrected chi connectivity index (χ4v) is 2.83. The van der Waals surface area contributed by atoms with Gasteiger partial charge < -0.3 is 24.5 Å². The molecule has 0 fully saturated rings. The van der Waals surface area contributed by atoms with E-state index in [1.165, 1.54) is 24.5 Å². The predicted molar refractivity (Wildman–Crippen MR) is 95.7 cm³/mol. The van der Waals surface area contributed by atoms with E-state index in [1.807, 2.05) is 5.32 Å². The van der Waals surface area contributed by atoms with E-state index in [2.05, 4.69) is 20.5 Å². The quantitative estimate of drug-likeness (QED) is 0.582. The molecular weight excluding hydrogens is 407 g/mol. The molecule has 0 spiro atoms. The van der Waals surface area contributed by atoms with Crippen LogP contribution in [0.2, 0.25) is 0 Å². The molecule has 4 rings (SSSR count). The molecule has 0 aliphatic carbocycles. The Morgan fingerprint density at radius 1 is 1.20 bits per heavy atom. The molecule has 3 aromatic rings. The van der Waals surface area contributed by atoms with E-state index in [0.717, 1.165) is 0 Å². The van der Waals surface area contributed by atoms with Gasteiger partial charge in [-0.3, -0.25) is 5.10 Å². The van der Waals surface area contributed by atoms with Crippen molar-refractivity contribution >= 4 is 6.03 Å². The van der Waals surface area contributed by atoms with Gasteiger partial charge in [0, 0.05) is 0 Å². The number of nitrogens with zero attached hydrogens (tertiary/aromatic N) is 2. The Morgan fingerprint density at radius 3 is 2.73 bits per heavy atom. The second-order valence-corrected chi connectivity index (χ2v) is 6.29. The highest BCUT2D eigenvalue weighted by Gasteiger charge is 2.42. The third kappa shape index (κ3) is 4.31. The number of fused-ring (bicyclic) bond motifs is 1. The van der Waals surface area contributed by atoms with E-state index in [9.17, 15) is 18.0 Å². The first-order valence-electron chi connectivity index (χ1n) is 8.86. The van der Waals surface area contributed by atoms with E-state index in [-0.39, 0.29) is 36.1 Å². The fourth-order valence-electron chi connectivity index (χ4n) is 2.83. The van der Waals surface area contributed by atoms with Gasteiger partial charge in [0.1, 0.15) is 19.0 Å². The monoisotopic (exact) mass is 423 g/mol. The Morgan fingerprint density at radius 2 is 2.00 bits per heavy atom. The summed E-state index contributed by atoms with van der Waals surface area (Å²) in [5.74, 6) is 1.48. The highest BCUT2D eigenvalue weighted by atomic mass is 19.4. The lowest BCUT2D eigenvalue weighted by Gasteiger charge is -2.24. The maximum Gasteiger partial charge on any atom is 0.412 e. The zero-order valence-corrected chi connectivity index (χ0v) is 15.3. The molecule has 3 N–H and O–H groups in total. The summed E-state index contributed by atoms with van der Waals surface area (Å²) in [6.45, 7) is 0.391. The summed E-state index contributed by atoms with van der Waals surface area (Å²) in [7, 11) is 0. The second-order valence-electron chi connectivity index (χ2n) is 6.29. The van der Waals surface area contributed by atoms with Gasteiger partial charge in [-0.15, -0.1) is 5.10 Å². The van der Waals surface area contributed by atoms with Crippen molar-refractivity contribution in [1.82, 2.24) is 25.8 Å². The number of rotatable bonds is 5. The van der Waals surface area contributed by atoms with Crippen molar-refractivity contribution in [3.8, 4) is 23.1 Å². The lowest BCUT2D eigenvalue weighted by atomic mass is 10.1. The van der Waals surface area contributed by atoms with Crippen LogP contribution in [0.15, 0.2) is 41.0 Å². The third-order valence-electron chi connectivity index (χ3n) is 4.19. The number of hydrogen-bond donors (Lipinski definition) is 3. The third-order valence-corrected chi connectivity index (χ3v) is 4.19. The molecule has 1 atom stereocenters. The molecule has 3 heterocycles. The number of aromatic amines is 1. The highest BCUT2D eigenvalue weighted by Crippen LogP contribution is 2.38. The highest BCUT2D eigenvalue weighted by molar-refractivity contribution is 5.74. The summed E-state index contributed by atoms with van der Waals surface area (Å²) in [5, 5.41) is 10.8. The number of carbonyl (C=O) groups excluding carboxylic acids is 1. The van der Waals surface area contributed by atoms with Crippen molar-refractivity contribution in [2.75, 3.05) is 13.2 Å². The van der Waals surface area contributed by atoms with Crippen LogP contribution in [-0.4, -0.2) is 40.6 Å². The summed E-state index contributed by atoms with van der Waals surface area (Å²) >= 11 is 0. The lowest BCUT2D eigenvalue weighted by Crippen LogP contribution is -2.43. The number of H-pyrrole nitrogens is 1. The first-order chi connectivity index (χ1) is 14.4. The summed E-state index contributed by atoms with van der Waals surface area (Å²) in [5.41, 5.74) is -0.179. The lowest BCUT2D eigenvalue weighted by molar-refractivity contribution is -0.155. The van der Waals surface area contributed by atoms with E-state index in [0.29, 0.717) is 18.1 Å². The minimum Gasteiger partial charge on any atom is -0.486 e. The Hall–Kier alpha value is -3.70. The molecule has 0 radical (unpaired) electrons. The average Bonchev–Trinajstić information content (AvgIpc) is 3.41. The second kappa shape index (κ2) is 7.97. The Kier molecular flexibility index (Phi) is 5.21. The van der Waals surface area contributed by atoms with Crippen LogP contribution in [0.3, 0.4) is 0 Å². The van der Waals surface area contributed by atoms with Crippen molar-refractivity contribution in [3.05, 3.63) is 48.0 Å². The first kappa shape index (κ1) is 19.6. The molecular formula is C18H16F3N5O4. The molecule has 0 saturated heterocycles. The Balaban J connectivity index is 1.42. The van der Waals surface area contributed by atoms with E-state index in [4.69, 9.17) is 13.9 Å². The Bertz CT molecular complexity index is 1020. The number of hydrogen-bond acceptors (Lipinski definition) is 6. The summed E-state index contributed by atoms with van der Waals surface area (Å²) < 4.78 is 56.5. The van der Waals surface area contributed by atoms with E-state index < -0.39 is 18.2 Å². The topological polar surface area (TPSA) is 114 Å². The van der Waals surface area contributed by atoms with E-state index in [1.54, 1.807) is 12.1 Å². The van der Waals surface area contributed by atoms with Crippen LogP contribution >= 0.6 is 0 Å². The van der Waals surface area contributed by atoms with Crippen molar-refractivity contribution in [1.29, 1.82) is 0 Å². The molecule has 30 heavy (non-hydrogen) atoms. The normalized spacial score (nSPS) is 14.2. The van der Waals surface area contributed by atoms with Crippen molar-refractivity contribution in [3.63, 3.8) is 0 Å². The van der Waals surface area contributed by atoms with Gasteiger partial charge in [-0.1, -0.05) is 6.07 Å². The molecule has 1 aliphatic rings. The fraction of sp³-hybridized carbons (Fsp3) is 0.278. The molecule has 1 aromatic carbocycles. The SMILES string of the molecule is O=C(NCc1nc(-c2ccco2)n[nH]1)NC(c1ccc2c(c1)OCCO2)C(F)(F)F. The standard InChI is InChI=1S/C18H16F3N5O4/c19-18(20,21)15(10-3-4-11-13(8-10)30-7-6-29-11)24-17(27)22-9-14-23-16(26-25-14)12-2-1-5-28-12/h1-5,8,15H,6-7,9H2,(H2,22,24,27)(H,23,25,26). The largest absolute Gasteiger partial charge is 0.486 e. The van der Waals surface area contributed by atoms with Gasteiger partial charge in [-0.25, -0.2) is 9.78 Å². The van der Waals surface area contributed by atoms with Crippen LogP contribution in [0.1, 0.15) is 17.4 Å². The summed E-state index contributed by atoms with van der Waals surface area (Å²) in [4.78, 5) is 16.2. The minimum atomic E-state index is -4.72. The van der Waals surface area contributed by atoms with Gasteiger partial charge in [0.2, 0.25) is 5.82 Å². The molecule has 1 unspecified atom stereocenters. The molecule has 12 heteroatoms. The summed E-state index contributed by atoms with van der Waals surface area (Å²) in [6.07, 6.45) is -3.27. The maximum atomic E-state index is 13.6. The number of carbonyl (C=O) groups is 1. The number of benzene rings is 1. The van der Waals surface area contributed by atoms with Crippen LogP contribution in [0.5, 0.6) is 11.5 Å². The number of halogens is 3. The molecule has 0 saturated carbocycles. The van der Waals surface area contributed by atoms with E-state index >= 15 is 0 Å². The van der Waals surface area contributed by atoms with Gasteiger partial charge in [0.15, 0.2) is 23.3 Å². The average molecular weight is 423 g/mol. The maximum absolute atomic E-state index is 13.6. The van der Waals surface area contributed by atoms with Gasteiger partial charge in [0.05, 0.1) is 12.8 Å². The van der Waals surface area contributed by atoms with Crippen LogP contribution in [0, 0.1) is 0 Å². The number of furan rings is 1. The molecule has 0 bridgehead atoms.